The van der Waals surface area contributed by atoms with E-state index in [0.29, 0.717) is 11.6 Å². The van der Waals surface area contributed by atoms with Crippen LogP contribution >= 0.6 is 22.9 Å². The van der Waals surface area contributed by atoms with Crippen LogP contribution in [0, 0.1) is 0 Å². The zero-order chi connectivity index (χ0) is 9.42. The molecular weight excluding hydrogens is 206 g/mol. The van der Waals surface area contributed by atoms with Crippen LogP contribution in [0.3, 0.4) is 0 Å². The van der Waals surface area contributed by atoms with Crippen LogP contribution in [-0.4, -0.2) is 5.11 Å². The highest BCUT2D eigenvalue weighted by atomic mass is 35.5. The van der Waals surface area contributed by atoms with Crippen molar-refractivity contribution in [2.24, 2.45) is 0 Å². The predicted octanol–water partition coefficient (Wildman–Crippen LogP) is 2.93. The Labute approximate surface area is 84.6 Å². The summed E-state index contributed by atoms with van der Waals surface area (Å²) in [5.41, 5.74) is 6.26. The van der Waals surface area contributed by atoms with Gasteiger partial charge in [0.1, 0.15) is 5.75 Å². The van der Waals surface area contributed by atoms with E-state index < -0.39 is 0 Å². The maximum atomic E-state index is 9.68. The number of nitrogen functional groups attached to an aromatic ring is 1. The van der Waals surface area contributed by atoms with Gasteiger partial charge in [-0.25, -0.2) is 0 Å². The van der Waals surface area contributed by atoms with Gasteiger partial charge in [-0.1, -0.05) is 0 Å². The van der Waals surface area contributed by atoms with E-state index in [2.05, 4.69) is 0 Å². The van der Waals surface area contributed by atoms with Crippen LogP contribution in [0.4, 0.5) is 5.69 Å². The standard InChI is InChI=1S/C9H8ClNOS/c10-4-8-9(12)6-3-5(11)1-2-7(6)13-8/h1-3,12H,4,11H2. The lowest BCUT2D eigenvalue weighted by molar-refractivity contribution is 0.479. The number of halogens is 1. The molecule has 13 heavy (non-hydrogen) atoms. The summed E-state index contributed by atoms with van der Waals surface area (Å²) in [7, 11) is 0. The van der Waals surface area contributed by atoms with Gasteiger partial charge in [-0.05, 0) is 18.2 Å². The lowest BCUT2D eigenvalue weighted by atomic mass is 10.2. The van der Waals surface area contributed by atoms with E-state index in [-0.39, 0.29) is 5.75 Å². The summed E-state index contributed by atoms with van der Waals surface area (Å²) in [6.07, 6.45) is 0. The molecule has 0 saturated heterocycles. The van der Waals surface area contributed by atoms with Crippen molar-refractivity contribution in [2.75, 3.05) is 5.73 Å². The molecule has 0 saturated carbocycles. The fourth-order valence-corrected chi connectivity index (χ4v) is 2.46. The Balaban J connectivity index is 2.77. The van der Waals surface area contributed by atoms with Crippen molar-refractivity contribution < 1.29 is 5.11 Å². The van der Waals surface area contributed by atoms with Gasteiger partial charge >= 0.3 is 0 Å². The van der Waals surface area contributed by atoms with E-state index in [1.807, 2.05) is 12.1 Å². The lowest BCUT2D eigenvalue weighted by Crippen LogP contribution is -1.81. The summed E-state index contributed by atoms with van der Waals surface area (Å²) in [4.78, 5) is 0.794. The lowest BCUT2D eigenvalue weighted by Gasteiger charge is -1.93. The molecule has 0 aliphatic heterocycles. The SMILES string of the molecule is Nc1ccc2sc(CCl)c(O)c2c1. The quantitative estimate of drug-likeness (QED) is 0.565. The van der Waals surface area contributed by atoms with Crippen LogP contribution in [0.2, 0.25) is 0 Å². The third-order valence-corrected chi connectivity index (χ3v) is 3.46. The average Bonchev–Trinajstić information content (AvgIpc) is 2.44. The molecule has 1 aromatic heterocycles. The third-order valence-electron chi connectivity index (χ3n) is 1.88. The van der Waals surface area contributed by atoms with Crippen molar-refractivity contribution in [3.8, 4) is 5.75 Å². The van der Waals surface area contributed by atoms with Gasteiger partial charge in [0, 0.05) is 15.8 Å². The summed E-state index contributed by atoms with van der Waals surface area (Å²) in [6.45, 7) is 0. The van der Waals surface area contributed by atoms with Crippen LogP contribution in [0.25, 0.3) is 10.1 Å². The molecule has 0 radical (unpaired) electrons. The van der Waals surface area contributed by atoms with E-state index in [0.717, 1.165) is 15.0 Å². The van der Waals surface area contributed by atoms with E-state index in [4.69, 9.17) is 17.3 Å². The van der Waals surface area contributed by atoms with Gasteiger partial charge in [0.25, 0.3) is 0 Å². The minimum atomic E-state index is 0.266. The van der Waals surface area contributed by atoms with Gasteiger partial charge in [0.2, 0.25) is 0 Å². The number of alkyl halides is 1. The fourth-order valence-electron chi connectivity index (χ4n) is 1.24. The second-order valence-electron chi connectivity index (χ2n) is 2.76. The van der Waals surface area contributed by atoms with Crippen molar-refractivity contribution in [3.05, 3.63) is 23.1 Å². The van der Waals surface area contributed by atoms with E-state index in [1.54, 1.807) is 6.07 Å². The number of nitrogens with two attached hydrogens (primary N) is 1. The number of thiophene rings is 1. The van der Waals surface area contributed by atoms with E-state index in [9.17, 15) is 5.11 Å². The van der Waals surface area contributed by atoms with Gasteiger partial charge in [-0.3, -0.25) is 0 Å². The first-order valence-electron chi connectivity index (χ1n) is 3.78. The van der Waals surface area contributed by atoms with Crippen molar-refractivity contribution in [1.29, 1.82) is 0 Å². The summed E-state index contributed by atoms with van der Waals surface area (Å²) in [6, 6.07) is 5.47. The molecule has 1 aromatic carbocycles. The molecule has 0 unspecified atom stereocenters. The molecular formula is C9H8ClNOS. The molecule has 2 rings (SSSR count). The molecule has 0 spiro atoms. The molecule has 3 N–H and O–H groups in total. The summed E-state index contributed by atoms with van der Waals surface area (Å²) < 4.78 is 1.02. The average molecular weight is 214 g/mol. The molecule has 4 heteroatoms. The van der Waals surface area contributed by atoms with Crippen molar-refractivity contribution in [2.45, 2.75) is 5.88 Å². The largest absolute Gasteiger partial charge is 0.506 e. The summed E-state index contributed by atoms with van der Waals surface area (Å²) in [5, 5.41) is 10.5. The Hall–Kier alpha value is -0.930. The predicted molar refractivity (Wildman–Crippen MR) is 57.5 cm³/mol. The van der Waals surface area contributed by atoms with Crippen molar-refractivity contribution in [1.82, 2.24) is 0 Å². The second kappa shape index (κ2) is 3.09. The summed E-state index contributed by atoms with van der Waals surface area (Å²) in [5.74, 6) is 0.604. The zero-order valence-electron chi connectivity index (χ0n) is 6.75. The first-order chi connectivity index (χ1) is 6.22. The zero-order valence-corrected chi connectivity index (χ0v) is 8.32. The number of fused-ring (bicyclic) bond motifs is 1. The van der Waals surface area contributed by atoms with Crippen LogP contribution in [0.15, 0.2) is 18.2 Å². The molecule has 0 amide bonds. The molecule has 68 valence electrons. The topological polar surface area (TPSA) is 46.2 Å². The maximum absolute atomic E-state index is 9.68. The van der Waals surface area contributed by atoms with Gasteiger partial charge in [-0.2, -0.15) is 0 Å². The molecule has 0 aliphatic rings. The Kier molecular flexibility index (Phi) is 2.06. The molecule has 0 aliphatic carbocycles. The Morgan fingerprint density at radius 1 is 1.46 bits per heavy atom. The van der Waals surface area contributed by atoms with Gasteiger partial charge in [0.05, 0.1) is 10.8 Å². The van der Waals surface area contributed by atoms with E-state index >= 15 is 0 Å². The van der Waals surface area contributed by atoms with Crippen LogP contribution in [0.1, 0.15) is 4.88 Å². The maximum Gasteiger partial charge on any atom is 0.138 e. The van der Waals surface area contributed by atoms with E-state index in [1.165, 1.54) is 11.3 Å². The number of hydrogen-bond donors (Lipinski definition) is 2. The number of hydrogen-bond acceptors (Lipinski definition) is 3. The molecule has 0 bridgehead atoms. The second-order valence-corrected chi connectivity index (χ2v) is 4.17. The minimum absolute atomic E-state index is 0.266. The minimum Gasteiger partial charge on any atom is -0.506 e. The highest BCUT2D eigenvalue weighted by Gasteiger charge is 2.09. The van der Waals surface area contributed by atoms with Crippen molar-refractivity contribution >= 4 is 38.7 Å². The molecule has 1 heterocycles. The van der Waals surface area contributed by atoms with Gasteiger partial charge in [-0.15, -0.1) is 22.9 Å². The fraction of sp³-hybridized carbons (Fsp3) is 0.111. The van der Waals surface area contributed by atoms with Gasteiger partial charge in [0.15, 0.2) is 0 Å². The van der Waals surface area contributed by atoms with Gasteiger partial charge < -0.3 is 10.8 Å². The first-order valence-corrected chi connectivity index (χ1v) is 5.13. The number of aromatic hydroxyl groups is 1. The number of anilines is 1. The molecule has 2 nitrogen and oxygen atoms in total. The smallest absolute Gasteiger partial charge is 0.138 e. The van der Waals surface area contributed by atoms with Crippen LogP contribution in [0.5, 0.6) is 5.75 Å². The van der Waals surface area contributed by atoms with Crippen molar-refractivity contribution in [3.63, 3.8) is 0 Å². The molecule has 0 atom stereocenters. The third kappa shape index (κ3) is 1.34. The number of benzene rings is 1. The highest BCUT2D eigenvalue weighted by molar-refractivity contribution is 7.19. The molecule has 0 fully saturated rings. The Morgan fingerprint density at radius 3 is 2.92 bits per heavy atom. The Bertz CT molecular complexity index is 452. The Morgan fingerprint density at radius 2 is 2.23 bits per heavy atom. The summed E-state index contributed by atoms with van der Waals surface area (Å²) >= 11 is 7.16. The highest BCUT2D eigenvalue weighted by Crippen LogP contribution is 2.38. The normalized spacial score (nSPS) is 10.8. The number of rotatable bonds is 1. The first kappa shape index (κ1) is 8.66. The monoisotopic (exact) mass is 213 g/mol. The van der Waals surface area contributed by atoms with Crippen LogP contribution < -0.4 is 5.73 Å². The van der Waals surface area contributed by atoms with Crippen LogP contribution in [-0.2, 0) is 5.88 Å². The molecule has 2 aromatic rings.